The zero-order valence-electron chi connectivity index (χ0n) is 17.1. The molecule has 160 valence electrons. The van der Waals surface area contributed by atoms with Crippen molar-refractivity contribution in [3.63, 3.8) is 0 Å². The molecule has 7 nitrogen and oxygen atoms in total. The van der Waals surface area contributed by atoms with E-state index in [4.69, 9.17) is 14.2 Å². The molecule has 0 radical (unpaired) electrons. The Morgan fingerprint density at radius 3 is 2.16 bits per heavy atom. The molecule has 2 aromatic carbocycles. The molecule has 31 heavy (non-hydrogen) atoms. The third-order valence-electron chi connectivity index (χ3n) is 4.37. The highest BCUT2D eigenvalue weighted by atomic mass is 19.2. The van der Waals surface area contributed by atoms with E-state index in [1.54, 1.807) is 30.3 Å². The lowest BCUT2D eigenvalue weighted by molar-refractivity contribution is 0.0141. The van der Waals surface area contributed by atoms with Crippen LogP contribution in [0.15, 0.2) is 66.7 Å². The second-order valence-corrected chi connectivity index (χ2v) is 6.46. The number of carbonyl (C=O) groups is 2. The predicted molar refractivity (Wildman–Crippen MR) is 110 cm³/mol. The number of methoxy groups -OCH3 is 2. The van der Waals surface area contributed by atoms with Crippen molar-refractivity contribution >= 4 is 11.9 Å². The van der Waals surface area contributed by atoms with Crippen LogP contribution in [0.25, 0.3) is 0 Å². The molecule has 0 aliphatic carbocycles. The number of halogens is 1. The molecule has 3 rings (SSSR count). The first kappa shape index (κ1) is 21.8. The third kappa shape index (κ3) is 5.36. The van der Waals surface area contributed by atoms with Gasteiger partial charge in [0, 0.05) is 6.07 Å². The highest BCUT2D eigenvalue weighted by molar-refractivity contribution is 5.96. The van der Waals surface area contributed by atoms with Crippen molar-refractivity contribution in [3.05, 3.63) is 89.2 Å². The van der Waals surface area contributed by atoms with Crippen LogP contribution in [0.2, 0.25) is 0 Å². The molecule has 3 aromatic rings. The number of rotatable bonds is 8. The van der Waals surface area contributed by atoms with Gasteiger partial charge in [0.25, 0.3) is 0 Å². The Kier molecular flexibility index (Phi) is 7.16. The monoisotopic (exact) mass is 424 g/mol. The molecule has 0 saturated carbocycles. The van der Waals surface area contributed by atoms with Crippen LogP contribution in [0.5, 0.6) is 11.5 Å². The van der Waals surface area contributed by atoms with Crippen LogP contribution in [0.1, 0.15) is 32.1 Å². The summed E-state index contributed by atoms with van der Waals surface area (Å²) in [5.41, 5.74) is 0.844. The average molecular weight is 424 g/mol. The van der Waals surface area contributed by atoms with Gasteiger partial charge in [-0.05, 0) is 11.1 Å². The Morgan fingerprint density at radius 1 is 0.968 bits per heavy atom. The molecule has 0 atom stereocenters. The predicted octanol–water partition coefficient (Wildman–Crippen LogP) is 3.98. The summed E-state index contributed by atoms with van der Waals surface area (Å²) in [6, 6.07) is 19.1. The number of carbonyl (C=O) groups excluding carboxylic acids is 2. The minimum atomic E-state index is -1.03. The fourth-order valence-corrected chi connectivity index (χ4v) is 2.82. The largest absolute Gasteiger partial charge is 0.493 e. The van der Waals surface area contributed by atoms with Crippen molar-refractivity contribution in [2.45, 2.75) is 13.2 Å². The summed E-state index contributed by atoms with van der Waals surface area (Å²) < 4.78 is 30.4. The minimum Gasteiger partial charge on any atom is -0.493 e. The molecule has 0 aliphatic heterocycles. The van der Waals surface area contributed by atoms with E-state index >= 15 is 0 Å². The first-order valence-corrected chi connectivity index (χ1v) is 9.39. The van der Waals surface area contributed by atoms with Crippen LogP contribution >= 0.6 is 0 Å². The topological polar surface area (TPSA) is 78.0 Å². The Hall–Kier alpha value is -3.94. The van der Waals surface area contributed by atoms with Crippen LogP contribution < -0.4 is 9.47 Å². The van der Waals surface area contributed by atoms with Crippen LogP contribution in [0.3, 0.4) is 0 Å². The van der Waals surface area contributed by atoms with E-state index in [0.717, 1.165) is 5.56 Å². The maximum absolute atomic E-state index is 14.5. The number of hydrogen-bond donors (Lipinski definition) is 0. The van der Waals surface area contributed by atoms with Gasteiger partial charge >= 0.3 is 11.9 Å². The molecule has 0 unspecified atom stereocenters. The molecule has 0 bridgehead atoms. The summed E-state index contributed by atoms with van der Waals surface area (Å²) in [6.07, 6.45) is 0. The van der Waals surface area contributed by atoms with Gasteiger partial charge in [-0.2, -0.15) is 5.12 Å². The summed E-state index contributed by atoms with van der Waals surface area (Å²) in [7, 11) is 2.51. The van der Waals surface area contributed by atoms with Gasteiger partial charge in [0.1, 0.15) is 12.3 Å². The number of pyridine rings is 1. The number of esters is 1. The molecule has 0 aliphatic rings. The molecular weight excluding hydrogens is 403 g/mol. The Bertz CT molecular complexity index is 1040. The smallest absolute Gasteiger partial charge is 0.360 e. The second kappa shape index (κ2) is 10.2. The van der Waals surface area contributed by atoms with Crippen LogP contribution in [0.4, 0.5) is 4.48 Å². The first-order valence-electron chi connectivity index (χ1n) is 9.39. The number of hydrogen-bond acceptors (Lipinski definition) is 6. The zero-order chi connectivity index (χ0) is 22.2. The van der Waals surface area contributed by atoms with Gasteiger partial charge in [-0.25, -0.2) is 9.78 Å². The minimum absolute atomic E-state index is 0.00298. The Morgan fingerprint density at radius 2 is 1.58 bits per heavy atom. The molecule has 8 heteroatoms. The van der Waals surface area contributed by atoms with Crippen molar-refractivity contribution in [3.8, 4) is 11.5 Å². The highest BCUT2D eigenvalue weighted by Crippen LogP contribution is 2.33. The van der Waals surface area contributed by atoms with Gasteiger partial charge in [-0.1, -0.05) is 65.1 Å². The van der Waals surface area contributed by atoms with Gasteiger partial charge in [0.05, 0.1) is 20.8 Å². The van der Waals surface area contributed by atoms with E-state index < -0.39 is 11.9 Å². The number of aromatic nitrogens is 1. The normalized spacial score (nSPS) is 10.3. The molecular formula is C23H21FN2O5. The van der Waals surface area contributed by atoms with Gasteiger partial charge in [0.2, 0.25) is 0 Å². The van der Waals surface area contributed by atoms with Crippen molar-refractivity contribution in [1.29, 1.82) is 0 Å². The Labute approximate surface area is 178 Å². The van der Waals surface area contributed by atoms with Crippen molar-refractivity contribution in [1.82, 2.24) is 10.1 Å². The average Bonchev–Trinajstić information content (AvgIpc) is 2.82. The van der Waals surface area contributed by atoms with Crippen molar-refractivity contribution in [2.75, 3.05) is 14.2 Å². The molecule has 1 amide bonds. The summed E-state index contributed by atoms with van der Waals surface area (Å²) in [4.78, 5) is 28.9. The highest BCUT2D eigenvalue weighted by Gasteiger charge is 2.26. The lowest BCUT2D eigenvalue weighted by Gasteiger charge is -2.16. The van der Waals surface area contributed by atoms with Gasteiger partial charge in [-0.3, -0.25) is 4.79 Å². The molecule has 1 heterocycles. The van der Waals surface area contributed by atoms with E-state index in [1.165, 1.54) is 20.3 Å². The zero-order valence-corrected chi connectivity index (χ0v) is 17.1. The molecule has 1 aromatic heterocycles. The number of amides is 1. The van der Waals surface area contributed by atoms with E-state index in [2.05, 4.69) is 4.98 Å². The molecule has 0 spiro atoms. The van der Waals surface area contributed by atoms with Gasteiger partial charge < -0.3 is 14.2 Å². The molecule has 0 saturated heterocycles. The summed E-state index contributed by atoms with van der Waals surface area (Å²) in [6.45, 7) is -0.150. The summed E-state index contributed by atoms with van der Waals surface area (Å²) in [5.74, 6) is -1.81. The fraction of sp³-hybridized carbons (Fsp3) is 0.174. The quantitative estimate of drug-likeness (QED) is 0.402. The van der Waals surface area contributed by atoms with Crippen LogP contribution in [-0.4, -0.2) is 36.2 Å². The van der Waals surface area contributed by atoms with E-state index in [9.17, 15) is 14.1 Å². The third-order valence-corrected chi connectivity index (χ3v) is 4.37. The van der Waals surface area contributed by atoms with Crippen molar-refractivity contribution < 1.29 is 28.3 Å². The first-order chi connectivity index (χ1) is 15.0. The maximum Gasteiger partial charge on any atom is 0.360 e. The van der Waals surface area contributed by atoms with E-state index in [0.29, 0.717) is 5.56 Å². The van der Waals surface area contributed by atoms with E-state index in [1.807, 2.05) is 30.3 Å². The molecule has 0 N–H and O–H groups in total. The van der Waals surface area contributed by atoms with Gasteiger partial charge in [0.15, 0.2) is 17.2 Å². The standard InChI is InChI=1S/C23H21FN2O5/c1-29-19-13-18(22(27)26(24)14-16-9-5-3-6-10-16)25-20(23(28)30-2)21(19)31-15-17-11-7-4-8-12-17/h3-13H,14-15H2,1-2H3. The number of benzene rings is 2. The number of ether oxygens (including phenoxy) is 3. The SMILES string of the molecule is COC(=O)c1nc(C(=O)N(F)Cc2ccccc2)cc(OC)c1OCc1ccccc1. The van der Waals surface area contributed by atoms with Crippen LogP contribution in [-0.2, 0) is 17.9 Å². The molecule has 0 fully saturated rings. The fourth-order valence-electron chi connectivity index (χ4n) is 2.82. The summed E-state index contributed by atoms with van der Waals surface area (Å²) >= 11 is 0. The Balaban J connectivity index is 1.91. The lowest BCUT2D eigenvalue weighted by Crippen LogP contribution is -2.24. The maximum atomic E-state index is 14.5. The van der Waals surface area contributed by atoms with E-state index in [-0.39, 0.29) is 41.2 Å². The summed E-state index contributed by atoms with van der Waals surface area (Å²) in [5, 5.41) is 0.0165. The lowest BCUT2D eigenvalue weighted by atomic mass is 10.2. The van der Waals surface area contributed by atoms with Crippen molar-refractivity contribution in [2.24, 2.45) is 0 Å². The number of nitrogens with zero attached hydrogens (tertiary/aromatic N) is 2. The van der Waals surface area contributed by atoms with Gasteiger partial charge in [-0.15, -0.1) is 0 Å². The van der Waals surface area contributed by atoms with Crippen LogP contribution in [0, 0.1) is 0 Å². The second-order valence-electron chi connectivity index (χ2n) is 6.46.